The van der Waals surface area contributed by atoms with Gasteiger partial charge in [-0.15, -0.1) is 0 Å². The van der Waals surface area contributed by atoms with Gasteiger partial charge < -0.3 is 9.47 Å². The van der Waals surface area contributed by atoms with E-state index < -0.39 is 20.0 Å². The smallest absolute Gasteiger partial charge is 0.261 e. The van der Waals surface area contributed by atoms with Gasteiger partial charge in [-0.3, -0.25) is 4.72 Å². The zero-order chi connectivity index (χ0) is 19.8. The molecular formula is C18H20N2O6S2. The summed E-state index contributed by atoms with van der Waals surface area (Å²) in [6, 6.07) is 10.1. The Kier molecular flexibility index (Phi) is 4.94. The molecule has 0 aromatic heterocycles. The summed E-state index contributed by atoms with van der Waals surface area (Å²) >= 11 is 0. The van der Waals surface area contributed by atoms with Crippen LogP contribution in [0.3, 0.4) is 0 Å². The van der Waals surface area contributed by atoms with Crippen LogP contribution in [0.25, 0.3) is 0 Å². The van der Waals surface area contributed by atoms with Crippen molar-refractivity contribution >= 4 is 25.7 Å². The van der Waals surface area contributed by atoms with Crippen LogP contribution in [0.5, 0.6) is 11.5 Å². The molecule has 0 amide bonds. The molecule has 150 valence electrons. The number of nitrogens with zero attached hydrogens (tertiary/aromatic N) is 1. The monoisotopic (exact) mass is 424 g/mol. The molecular weight excluding hydrogens is 404 g/mol. The van der Waals surface area contributed by atoms with E-state index >= 15 is 0 Å². The standard InChI is InChI=1S/C18H20N2O6S2/c21-27(22,19-14-6-7-17-18(12-14)26-11-10-25-17)15-4-3-5-16(13-15)28(23,24)20-8-1-2-9-20/h3-7,12-13,19H,1-2,8-11H2. The molecule has 28 heavy (non-hydrogen) atoms. The van der Waals surface area contributed by atoms with Crippen LogP contribution in [0, 0.1) is 0 Å². The Morgan fingerprint density at radius 2 is 1.50 bits per heavy atom. The Labute approximate surface area is 164 Å². The fourth-order valence-electron chi connectivity index (χ4n) is 3.20. The third-order valence-electron chi connectivity index (χ3n) is 4.61. The maximum absolute atomic E-state index is 12.8. The highest BCUT2D eigenvalue weighted by Crippen LogP contribution is 2.33. The predicted molar refractivity (Wildman–Crippen MR) is 103 cm³/mol. The molecule has 2 aromatic rings. The number of nitrogens with one attached hydrogen (secondary N) is 1. The van der Waals surface area contributed by atoms with Crippen LogP contribution in [-0.4, -0.2) is 47.4 Å². The van der Waals surface area contributed by atoms with Crippen molar-refractivity contribution in [3.63, 3.8) is 0 Å². The first-order valence-corrected chi connectivity index (χ1v) is 11.8. The van der Waals surface area contributed by atoms with Gasteiger partial charge in [-0.1, -0.05) is 6.07 Å². The molecule has 0 aliphatic carbocycles. The normalized spacial score (nSPS) is 17.4. The van der Waals surface area contributed by atoms with E-state index in [1.807, 2.05) is 0 Å². The number of anilines is 1. The number of benzene rings is 2. The topological polar surface area (TPSA) is 102 Å². The highest BCUT2D eigenvalue weighted by Gasteiger charge is 2.28. The van der Waals surface area contributed by atoms with Crippen molar-refractivity contribution in [2.75, 3.05) is 31.0 Å². The summed E-state index contributed by atoms with van der Waals surface area (Å²) in [5.41, 5.74) is 0.303. The zero-order valence-electron chi connectivity index (χ0n) is 15.0. The van der Waals surface area contributed by atoms with Gasteiger partial charge in [0.15, 0.2) is 11.5 Å². The zero-order valence-corrected chi connectivity index (χ0v) is 16.6. The van der Waals surface area contributed by atoms with E-state index in [0.717, 1.165) is 12.8 Å². The van der Waals surface area contributed by atoms with Gasteiger partial charge in [0.25, 0.3) is 10.0 Å². The molecule has 0 atom stereocenters. The summed E-state index contributed by atoms with van der Waals surface area (Å²) in [7, 11) is -7.68. The van der Waals surface area contributed by atoms with Gasteiger partial charge in [0.05, 0.1) is 15.5 Å². The molecule has 0 bridgehead atoms. The van der Waals surface area contributed by atoms with Crippen molar-refractivity contribution in [2.45, 2.75) is 22.6 Å². The minimum absolute atomic E-state index is 0.0283. The molecule has 0 radical (unpaired) electrons. The number of hydrogen-bond acceptors (Lipinski definition) is 6. The summed E-state index contributed by atoms with van der Waals surface area (Å²) in [6.07, 6.45) is 1.62. The van der Waals surface area contributed by atoms with Crippen LogP contribution >= 0.6 is 0 Å². The van der Waals surface area contributed by atoms with Crippen LogP contribution < -0.4 is 14.2 Å². The third kappa shape index (κ3) is 3.67. The first-order valence-electron chi connectivity index (χ1n) is 8.89. The molecule has 1 fully saturated rings. The highest BCUT2D eigenvalue weighted by atomic mass is 32.2. The molecule has 8 nitrogen and oxygen atoms in total. The van der Waals surface area contributed by atoms with Crippen molar-refractivity contribution in [3.8, 4) is 11.5 Å². The van der Waals surface area contributed by atoms with E-state index in [1.165, 1.54) is 34.6 Å². The quantitative estimate of drug-likeness (QED) is 0.788. The Hall–Kier alpha value is -2.30. The van der Waals surface area contributed by atoms with Crippen molar-refractivity contribution in [1.29, 1.82) is 0 Å². The lowest BCUT2D eigenvalue weighted by atomic mass is 10.3. The van der Waals surface area contributed by atoms with Crippen molar-refractivity contribution in [1.82, 2.24) is 4.31 Å². The Morgan fingerprint density at radius 1 is 0.821 bits per heavy atom. The van der Waals surface area contributed by atoms with E-state index in [9.17, 15) is 16.8 Å². The van der Waals surface area contributed by atoms with Crippen molar-refractivity contribution in [3.05, 3.63) is 42.5 Å². The van der Waals surface area contributed by atoms with E-state index in [0.29, 0.717) is 43.5 Å². The summed E-state index contributed by atoms with van der Waals surface area (Å²) in [4.78, 5) is -0.151. The van der Waals surface area contributed by atoms with Crippen LogP contribution in [0.2, 0.25) is 0 Å². The molecule has 0 unspecified atom stereocenters. The van der Waals surface area contributed by atoms with Gasteiger partial charge in [0, 0.05) is 19.2 Å². The van der Waals surface area contributed by atoms with Crippen LogP contribution in [-0.2, 0) is 20.0 Å². The first kappa shape index (κ1) is 19.0. The number of ether oxygens (including phenoxy) is 2. The maximum Gasteiger partial charge on any atom is 0.261 e. The molecule has 2 aliphatic rings. The lowest BCUT2D eigenvalue weighted by Crippen LogP contribution is -2.28. The molecule has 10 heteroatoms. The molecule has 0 saturated carbocycles. The van der Waals surface area contributed by atoms with Gasteiger partial charge in [0.1, 0.15) is 13.2 Å². The minimum atomic E-state index is -3.98. The largest absolute Gasteiger partial charge is 0.486 e. The van der Waals surface area contributed by atoms with Gasteiger partial charge in [-0.2, -0.15) is 4.31 Å². The lowest BCUT2D eigenvalue weighted by molar-refractivity contribution is 0.171. The SMILES string of the molecule is O=S(=O)(Nc1ccc2c(c1)OCCO2)c1cccc(S(=O)(=O)N2CCCC2)c1. The molecule has 0 spiro atoms. The molecule has 2 heterocycles. The molecule has 1 N–H and O–H groups in total. The number of rotatable bonds is 5. The van der Waals surface area contributed by atoms with Gasteiger partial charge in [0.2, 0.25) is 10.0 Å². The second-order valence-electron chi connectivity index (χ2n) is 6.55. The predicted octanol–water partition coefficient (Wildman–Crippen LogP) is 2.04. The lowest BCUT2D eigenvalue weighted by Gasteiger charge is -2.19. The van der Waals surface area contributed by atoms with Crippen molar-refractivity contribution in [2.24, 2.45) is 0 Å². The van der Waals surface area contributed by atoms with E-state index in [4.69, 9.17) is 9.47 Å². The molecule has 2 aliphatic heterocycles. The van der Waals surface area contributed by atoms with Crippen LogP contribution in [0.4, 0.5) is 5.69 Å². The fourth-order valence-corrected chi connectivity index (χ4v) is 5.93. The van der Waals surface area contributed by atoms with Crippen molar-refractivity contribution < 1.29 is 26.3 Å². The summed E-state index contributed by atoms with van der Waals surface area (Å²) in [5, 5.41) is 0. The Balaban J connectivity index is 1.61. The molecule has 1 saturated heterocycles. The summed E-state index contributed by atoms with van der Waals surface area (Å²) in [6.45, 7) is 1.74. The maximum atomic E-state index is 12.8. The average molecular weight is 425 g/mol. The minimum Gasteiger partial charge on any atom is -0.486 e. The van der Waals surface area contributed by atoms with Crippen LogP contribution in [0.15, 0.2) is 52.3 Å². The number of sulfonamides is 2. The van der Waals surface area contributed by atoms with Crippen LogP contribution in [0.1, 0.15) is 12.8 Å². The second kappa shape index (κ2) is 7.26. The summed E-state index contributed by atoms with van der Waals surface area (Å²) in [5.74, 6) is 1.00. The van der Waals surface area contributed by atoms with E-state index in [1.54, 1.807) is 12.1 Å². The Morgan fingerprint density at radius 3 is 2.25 bits per heavy atom. The van der Waals surface area contributed by atoms with E-state index in [-0.39, 0.29) is 9.79 Å². The first-order chi connectivity index (χ1) is 13.4. The van der Waals surface area contributed by atoms with E-state index in [2.05, 4.69) is 4.72 Å². The van der Waals surface area contributed by atoms with Gasteiger partial charge in [-0.25, -0.2) is 16.8 Å². The molecule has 4 rings (SSSR count). The number of fused-ring (bicyclic) bond motifs is 1. The second-order valence-corrected chi connectivity index (χ2v) is 10.2. The highest BCUT2D eigenvalue weighted by molar-refractivity contribution is 7.93. The Bertz CT molecular complexity index is 1090. The fraction of sp³-hybridized carbons (Fsp3) is 0.333. The molecule has 2 aromatic carbocycles. The third-order valence-corrected chi connectivity index (χ3v) is 7.89. The summed E-state index contributed by atoms with van der Waals surface area (Å²) < 4.78 is 65.7. The van der Waals surface area contributed by atoms with Gasteiger partial charge >= 0.3 is 0 Å². The average Bonchev–Trinajstić information content (AvgIpc) is 3.23. The van der Waals surface area contributed by atoms with Gasteiger partial charge in [-0.05, 0) is 43.2 Å². The number of hydrogen-bond donors (Lipinski definition) is 1.